The van der Waals surface area contributed by atoms with Crippen molar-refractivity contribution in [3.05, 3.63) is 48.2 Å². The minimum Gasteiger partial charge on any atom is -0.497 e. The number of ether oxygens (including phenoxy) is 1. The SMILES string of the molecule is C=C(Cc1ccccc1)OCCS(N)(=O)=O. The Hall–Kier alpha value is -1.33. The van der Waals surface area contributed by atoms with Crippen LogP contribution in [0.1, 0.15) is 5.56 Å². The maximum Gasteiger partial charge on any atom is 0.212 e. The summed E-state index contributed by atoms with van der Waals surface area (Å²) in [5, 5.41) is 4.84. The first-order chi connectivity index (χ1) is 7.47. The molecule has 88 valence electrons. The predicted molar refractivity (Wildman–Crippen MR) is 63.2 cm³/mol. The van der Waals surface area contributed by atoms with E-state index in [0.717, 1.165) is 5.56 Å². The van der Waals surface area contributed by atoms with Gasteiger partial charge in [0, 0.05) is 6.42 Å². The van der Waals surface area contributed by atoms with Crippen LogP contribution in [-0.2, 0) is 21.2 Å². The van der Waals surface area contributed by atoms with E-state index in [1.807, 2.05) is 30.3 Å². The van der Waals surface area contributed by atoms with Crippen molar-refractivity contribution < 1.29 is 13.2 Å². The van der Waals surface area contributed by atoms with Crippen LogP contribution in [0, 0.1) is 0 Å². The zero-order valence-electron chi connectivity index (χ0n) is 8.93. The first kappa shape index (κ1) is 12.7. The average Bonchev–Trinajstić information content (AvgIpc) is 2.17. The molecule has 0 bridgehead atoms. The number of nitrogens with two attached hydrogens (primary N) is 1. The Bertz CT molecular complexity index is 440. The molecule has 0 spiro atoms. The third kappa shape index (κ3) is 5.53. The fourth-order valence-electron chi connectivity index (χ4n) is 1.18. The van der Waals surface area contributed by atoms with Crippen molar-refractivity contribution in [1.82, 2.24) is 0 Å². The molecule has 0 heterocycles. The van der Waals surface area contributed by atoms with Crippen molar-refractivity contribution in [2.45, 2.75) is 6.42 Å². The van der Waals surface area contributed by atoms with Gasteiger partial charge in [0.05, 0.1) is 11.5 Å². The monoisotopic (exact) mass is 241 g/mol. The van der Waals surface area contributed by atoms with Crippen molar-refractivity contribution in [1.29, 1.82) is 0 Å². The smallest absolute Gasteiger partial charge is 0.212 e. The maximum atomic E-state index is 10.6. The molecule has 5 heteroatoms. The second-order valence-electron chi connectivity index (χ2n) is 3.42. The van der Waals surface area contributed by atoms with Crippen molar-refractivity contribution in [3.63, 3.8) is 0 Å². The van der Waals surface area contributed by atoms with E-state index in [9.17, 15) is 8.42 Å². The summed E-state index contributed by atoms with van der Waals surface area (Å²) in [5.74, 6) is 0.343. The van der Waals surface area contributed by atoms with E-state index in [2.05, 4.69) is 6.58 Å². The Morgan fingerprint density at radius 3 is 2.50 bits per heavy atom. The molecular formula is C11H15NO3S. The third-order valence-corrected chi connectivity index (χ3v) is 2.65. The normalized spacial score (nSPS) is 11.1. The van der Waals surface area contributed by atoms with Gasteiger partial charge in [-0.3, -0.25) is 0 Å². The lowest BCUT2D eigenvalue weighted by Gasteiger charge is -2.08. The van der Waals surface area contributed by atoms with Gasteiger partial charge in [-0.05, 0) is 5.56 Å². The maximum absolute atomic E-state index is 10.6. The minimum absolute atomic E-state index is 0.0461. The Balaban J connectivity index is 2.32. The zero-order chi connectivity index (χ0) is 12.0. The number of benzene rings is 1. The van der Waals surface area contributed by atoms with Crippen molar-refractivity contribution in [2.24, 2.45) is 5.14 Å². The summed E-state index contributed by atoms with van der Waals surface area (Å²) in [6.45, 7) is 3.76. The summed E-state index contributed by atoms with van der Waals surface area (Å²) in [6, 6.07) is 9.68. The Morgan fingerprint density at radius 1 is 1.31 bits per heavy atom. The van der Waals surface area contributed by atoms with Crippen LogP contribution < -0.4 is 5.14 Å². The van der Waals surface area contributed by atoms with E-state index in [1.165, 1.54) is 0 Å². The van der Waals surface area contributed by atoms with Gasteiger partial charge in [0.2, 0.25) is 10.0 Å². The Labute approximate surface area is 95.8 Å². The second-order valence-corrected chi connectivity index (χ2v) is 5.15. The molecule has 1 aromatic carbocycles. The molecular weight excluding hydrogens is 226 g/mol. The van der Waals surface area contributed by atoms with Crippen LogP contribution in [0.5, 0.6) is 0 Å². The van der Waals surface area contributed by atoms with E-state index < -0.39 is 10.0 Å². The third-order valence-electron chi connectivity index (χ3n) is 1.92. The summed E-state index contributed by atoms with van der Waals surface area (Å²) < 4.78 is 26.4. The number of hydrogen-bond donors (Lipinski definition) is 1. The van der Waals surface area contributed by atoms with Crippen LogP contribution in [0.4, 0.5) is 0 Å². The molecule has 1 rings (SSSR count). The van der Waals surface area contributed by atoms with Gasteiger partial charge < -0.3 is 4.74 Å². The summed E-state index contributed by atoms with van der Waals surface area (Å²) in [5.41, 5.74) is 1.07. The first-order valence-electron chi connectivity index (χ1n) is 4.82. The van der Waals surface area contributed by atoms with Gasteiger partial charge in [-0.25, -0.2) is 13.6 Å². The van der Waals surface area contributed by atoms with Gasteiger partial charge in [-0.1, -0.05) is 36.9 Å². The zero-order valence-corrected chi connectivity index (χ0v) is 9.74. The van der Waals surface area contributed by atoms with Crippen LogP contribution >= 0.6 is 0 Å². The average molecular weight is 241 g/mol. The molecule has 0 saturated heterocycles. The molecule has 16 heavy (non-hydrogen) atoms. The van der Waals surface area contributed by atoms with Crippen LogP contribution in [-0.4, -0.2) is 20.8 Å². The molecule has 0 radical (unpaired) electrons. The first-order valence-corrected chi connectivity index (χ1v) is 6.54. The van der Waals surface area contributed by atoms with Gasteiger partial charge in [0.1, 0.15) is 6.61 Å². The molecule has 0 aliphatic rings. The van der Waals surface area contributed by atoms with Crippen molar-refractivity contribution >= 4 is 10.0 Å². The van der Waals surface area contributed by atoms with Crippen LogP contribution in [0.3, 0.4) is 0 Å². The minimum atomic E-state index is -3.46. The standard InChI is InChI=1S/C11H15NO3S/c1-10(15-7-8-16(12,13)14)9-11-5-3-2-4-6-11/h2-6H,1,7-9H2,(H2,12,13,14). The van der Waals surface area contributed by atoms with Crippen molar-refractivity contribution in [3.8, 4) is 0 Å². The molecule has 0 saturated carbocycles. The van der Waals surface area contributed by atoms with Gasteiger partial charge >= 0.3 is 0 Å². The van der Waals surface area contributed by atoms with Gasteiger partial charge in [-0.15, -0.1) is 0 Å². The topological polar surface area (TPSA) is 69.4 Å². The summed E-state index contributed by atoms with van der Waals surface area (Å²) in [6.07, 6.45) is 0.575. The van der Waals surface area contributed by atoms with E-state index in [-0.39, 0.29) is 12.4 Å². The Kier molecular flexibility index (Phi) is 4.52. The lowest BCUT2D eigenvalue weighted by atomic mass is 10.1. The molecule has 2 N–H and O–H groups in total. The molecule has 0 atom stereocenters. The van der Waals surface area contributed by atoms with E-state index in [0.29, 0.717) is 12.2 Å². The highest BCUT2D eigenvalue weighted by molar-refractivity contribution is 7.89. The number of sulfonamides is 1. The number of primary sulfonamides is 1. The highest BCUT2D eigenvalue weighted by atomic mass is 32.2. The van der Waals surface area contributed by atoms with E-state index >= 15 is 0 Å². The molecule has 0 amide bonds. The van der Waals surface area contributed by atoms with E-state index in [4.69, 9.17) is 9.88 Å². The highest BCUT2D eigenvalue weighted by Crippen LogP contribution is 2.06. The molecule has 1 aromatic rings. The predicted octanol–water partition coefficient (Wildman–Crippen LogP) is 1.05. The van der Waals surface area contributed by atoms with Crippen LogP contribution in [0.15, 0.2) is 42.7 Å². The summed E-state index contributed by atoms with van der Waals surface area (Å²) in [4.78, 5) is 0. The Morgan fingerprint density at radius 2 is 1.94 bits per heavy atom. The molecule has 0 aliphatic heterocycles. The molecule has 0 fully saturated rings. The number of allylic oxidation sites excluding steroid dienone is 1. The van der Waals surface area contributed by atoms with Crippen LogP contribution in [0.2, 0.25) is 0 Å². The number of hydrogen-bond acceptors (Lipinski definition) is 3. The fourth-order valence-corrected chi connectivity index (χ4v) is 1.49. The van der Waals surface area contributed by atoms with Gasteiger partial charge in [0.25, 0.3) is 0 Å². The van der Waals surface area contributed by atoms with E-state index in [1.54, 1.807) is 0 Å². The fraction of sp³-hybridized carbons (Fsp3) is 0.273. The molecule has 0 aromatic heterocycles. The lowest BCUT2D eigenvalue weighted by molar-refractivity contribution is 0.226. The van der Waals surface area contributed by atoms with Gasteiger partial charge in [-0.2, -0.15) is 0 Å². The quantitative estimate of drug-likeness (QED) is 0.757. The summed E-state index contributed by atoms with van der Waals surface area (Å²) in [7, 11) is -3.46. The molecule has 0 aliphatic carbocycles. The highest BCUT2D eigenvalue weighted by Gasteiger charge is 2.03. The van der Waals surface area contributed by atoms with Crippen LogP contribution in [0.25, 0.3) is 0 Å². The largest absolute Gasteiger partial charge is 0.497 e. The van der Waals surface area contributed by atoms with Gasteiger partial charge in [0.15, 0.2) is 0 Å². The summed E-state index contributed by atoms with van der Waals surface area (Å²) >= 11 is 0. The second kappa shape index (κ2) is 5.67. The lowest BCUT2D eigenvalue weighted by Crippen LogP contribution is -2.20. The molecule has 0 unspecified atom stereocenters. The molecule has 4 nitrogen and oxygen atoms in total. The number of rotatable bonds is 6. The van der Waals surface area contributed by atoms with Crippen molar-refractivity contribution in [2.75, 3.05) is 12.4 Å².